The molecule has 2 aromatic carbocycles. The lowest BCUT2D eigenvalue weighted by Gasteiger charge is -2.14. The van der Waals surface area contributed by atoms with Gasteiger partial charge in [0.05, 0.1) is 12.8 Å². The number of halogens is 2. The lowest BCUT2D eigenvalue weighted by atomic mass is 10.1. The molecule has 0 aliphatic carbocycles. The third-order valence-electron chi connectivity index (χ3n) is 3.16. The van der Waals surface area contributed by atoms with Gasteiger partial charge in [0.25, 0.3) is 5.91 Å². The van der Waals surface area contributed by atoms with Crippen LogP contribution in [0, 0.1) is 13.8 Å². The fourth-order valence-electron chi connectivity index (χ4n) is 1.95. The van der Waals surface area contributed by atoms with Gasteiger partial charge in [-0.15, -0.1) is 0 Å². The molecule has 0 saturated carbocycles. The van der Waals surface area contributed by atoms with E-state index in [1.165, 1.54) is 0 Å². The normalized spacial score (nSPS) is 10.3. The number of hydrogen-bond donors (Lipinski definition) is 1. The maximum atomic E-state index is 12.4. The van der Waals surface area contributed by atoms with Crippen molar-refractivity contribution in [3.63, 3.8) is 0 Å². The van der Waals surface area contributed by atoms with Gasteiger partial charge in [-0.05, 0) is 49.2 Å². The summed E-state index contributed by atoms with van der Waals surface area (Å²) >= 11 is 6.86. The molecule has 0 saturated heterocycles. The monoisotopic (exact) mass is 411 g/mol. The van der Waals surface area contributed by atoms with Crippen molar-refractivity contribution in [3.05, 3.63) is 56.0 Å². The first kappa shape index (κ1) is 16.0. The highest BCUT2D eigenvalue weighted by atomic mass is 79.9. The summed E-state index contributed by atoms with van der Waals surface area (Å²) in [7, 11) is 1.58. The third-order valence-corrected chi connectivity index (χ3v) is 4.47. The van der Waals surface area contributed by atoms with Gasteiger partial charge >= 0.3 is 0 Å². The molecule has 0 heterocycles. The highest BCUT2D eigenvalue weighted by Crippen LogP contribution is 2.32. The van der Waals surface area contributed by atoms with Crippen LogP contribution < -0.4 is 10.1 Å². The second kappa shape index (κ2) is 6.62. The van der Waals surface area contributed by atoms with Crippen molar-refractivity contribution in [2.75, 3.05) is 12.4 Å². The Hall–Kier alpha value is -1.33. The summed E-state index contributed by atoms with van der Waals surface area (Å²) in [6, 6.07) is 9.28. The van der Waals surface area contributed by atoms with E-state index < -0.39 is 0 Å². The Labute approximate surface area is 141 Å². The minimum atomic E-state index is -0.167. The number of nitrogens with one attached hydrogen (secondary N) is 1. The zero-order valence-electron chi connectivity index (χ0n) is 12.0. The molecule has 0 radical (unpaired) electrons. The Morgan fingerprint density at radius 3 is 2.43 bits per heavy atom. The number of amides is 1. The minimum absolute atomic E-state index is 0.167. The van der Waals surface area contributed by atoms with Crippen LogP contribution in [0.2, 0.25) is 0 Å². The van der Waals surface area contributed by atoms with Gasteiger partial charge in [0.15, 0.2) is 0 Å². The van der Waals surface area contributed by atoms with E-state index in [0.717, 1.165) is 20.1 Å². The second-order valence-electron chi connectivity index (χ2n) is 4.72. The molecule has 0 fully saturated rings. The Kier molecular flexibility index (Phi) is 5.06. The quantitative estimate of drug-likeness (QED) is 0.762. The van der Waals surface area contributed by atoms with Crippen LogP contribution in [0.1, 0.15) is 21.5 Å². The highest BCUT2D eigenvalue weighted by Gasteiger charge is 2.13. The molecule has 2 aromatic rings. The summed E-state index contributed by atoms with van der Waals surface area (Å²) < 4.78 is 7.15. The predicted molar refractivity (Wildman–Crippen MR) is 92.3 cm³/mol. The molecule has 0 atom stereocenters. The summed E-state index contributed by atoms with van der Waals surface area (Å²) in [6.07, 6.45) is 0. The summed E-state index contributed by atoms with van der Waals surface area (Å²) in [5, 5.41) is 2.91. The number of aryl methyl sites for hydroxylation is 2. The van der Waals surface area contributed by atoms with Crippen LogP contribution in [-0.4, -0.2) is 13.0 Å². The van der Waals surface area contributed by atoms with Crippen molar-refractivity contribution in [3.8, 4) is 5.75 Å². The molecule has 1 amide bonds. The second-order valence-corrected chi connectivity index (χ2v) is 6.49. The van der Waals surface area contributed by atoms with Crippen molar-refractivity contribution in [1.29, 1.82) is 0 Å². The zero-order valence-corrected chi connectivity index (χ0v) is 15.1. The van der Waals surface area contributed by atoms with Gasteiger partial charge in [-0.3, -0.25) is 4.79 Å². The summed E-state index contributed by atoms with van der Waals surface area (Å²) in [4.78, 5) is 12.4. The zero-order chi connectivity index (χ0) is 15.6. The first-order valence-corrected chi connectivity index (χ1v) is 7.92. The Morgan fingerprint density at radius 2 is 1.81 bits per heavy atom. The van der Waals surface area contributed by atoms with E-state index in [9.17, 15) is 4.79 Å². The van der Waals surface area contributed by atoms with Crippen molar-refractivity contribution in [2.24, 2.45) is 0 Å². The molecule has 0 bridgehead atoms. The van der Waals surface area contributed by atoms with E-state index in [1.54, 1.807) is 13.2 Å². The van der Waals surface area contributed by atoms with E-state index in [-0.39, 0.29) is 5.91 Å². The molecule has 1 N–H and O–H groups in total. The molecule has 3 nitrogen and oxygen atoms in total. The van der Waals surface area contributed by atoms with Gasteiger partial charge < -0.3 is 10.1 Å². The number of carbonyl (C=O) groups excluding carboxylic acids is 1. The topological polar surface area (TPSA) is 38.3 Å². The molecule has 0 spiro atoms. The molecular formula is C16H15Br2NO2. The number of rotatable bonds is 3. The van der Waals surface area contributed by atoms with Crippen LogP contribution in [0.4, 0.5) is 5.69 Å². The van der Waals surface area contributed by atoms with Gasteiger partial charge in [0.1, 0.15) is 5.75 Å². The van der Waals surface area contributed by atoms with E-state index in [0.29, 0.717) is 17.0 Å². The summed E-state index contributed by atoms with van der Waals surface area (Å²) in [5.74, 6) is 0.459. The van der Waals surface area contributed by atoms with Crippen LogP contribution in [0.5, 0.6) is 5.75 Å². The Balaban J connectivity index is 2.33. The maximum Gasteiger partial charge on any atom is 0.255 e. The Bertz CT molecular complexity index is 699. The van der Waals surface area contributed by atoms with E-state index in [4.69, 9.17) is 4.74 Å². The molecule has 0 aliphatic rings. The number of benzene rings is 2. The summed E-state index contributed by atoms with van der Waals surface area (Å²) in [6.45, 7) is 3.90. The van der Waals surface area contributed by atoms with Crippen LogP contribution in [0.15, 0.2) is 39.3 Å². The first-order chi connectivity index (χ1) is 9.92. The molecule has 0 unspecified atom stereocenters. The van der Waals surface area contributed by atoms with Crippen molar-refractivity contribution in [2.45, 2.75) is 13.8 Å². The number of ether oxygens (including phenoxy) is 1. The molecule has 110 valence electrons. The van der Waals surface area contributed by atoms with Gasteiger partial charge in [-0.2, -0.15) is 0 Å². The smallest absolute Gasteiger partial charge is 0.255 e. The van der Waals surface area contributed by atoms with E-state index in [1.807, 2.05) is 38.1 Å². The van der Waals surface area contributed by atoms with Crippen LogP contribution >= 0.6 is 31.9 Å². The lowest BCUT2D eigenvalue weighted by Crippen LogP contribution is -2.13. The van der Waals surface area contributed by atoms with Gasteiger partial charge in [0.2, 0.25) is 0 Å². The molecule has 2 rings (SSSR count). The lowest BCUT2D eigenvalue weighted by molar-refractivity contribution is 0.102. The van der Waals surface area contributed by atoms with Gasteiger partial charge in [-0.1, -0.05) is 37.9 Å². The number of anilines is 1. The number of carbonyl (C=O) groups is 1. The van der Waals surface area contributed by atoms with E-state index >= 15 is 0 Å². The SMILES string of the molecule is COc1cc(Br)cc(C)c1NC(=O)c1ccc(C)c(Br)c1. The Morgan fingerprint density at radius 1 is 1.10 bits per heavy atom. The molecule has 21 heavy (non-hydrogen) atoms. The summed E-state index contributed by atoms with van der Waals surface area (Å²) in [5.41, 5.74) is 3.30. The number of methoxy groups -OCH3 is 1. The van der Waals surface area contributed by atoms with Crippen LogP contribution in [0.25, 0.3) is 0 Å². The van der Waals surface area contributed by atoms with Crippen molar-refractivity contribution < 1.29 is 9.53 Å². The standard InChI is InChI=1S/C16H15Br2NO2/c1-9-4-5-11(7-13(9)18)16(20)19-15-10(2)6-12(17)8-14(15)21-3/h4-8H,1-3H3,(H,19,20). The number of hydrogen-bond acceptors (Lipinski definition) is 2. The van der Waals surface area contributed by atoms with Gasteiger partial charge in [0, 0.05) is 14.5 Å². The fourth-order valence-corrected chi connectivity index (χ4v) is 2.88. The first-order valence-electron chi connectivity index (χ1n) is 6.34. The van der Waals surface area contributed by atoms with Crippen molar-refractivity contribution in [1.82, 2.24) is 0 Å². The maximum absolute atomic E-state index is 12.4. The average molecular weight is 413 g/mol. The van der Waals surface area contributed by atoms with Crippen LogP contribution in [0.3, 0.4) is 0 Å². The molecular weight excluding hydrogens is 398 g/mol. The third kappa shape index (κ3) is 3.66. The minimum Gasteiger partial charge on any atom is -0.495 e. The molecule has 0 aliphatic heterocycles. The molecule has 5 heteroatoms. The fraction of sp³-hybridized carbons (Fsp3) is 0.188. The van der Waals surface area contributed by atoms with E-state index in [2.05, 4.69) is 37.2 Å². The van der Waals surface area contributed by atoms with Crippen LogP contribution in [-0.2, 0) is 0 Å². The predicted octanol–water partition coefficient (Wildman–Crippen LogP) is 5.09. The largest absolute Gasteiger partial charge is 0.495 e. The van der Waals surface area contributed by atoms with Crippen molar-refractivity contribution >= 4 is 43.5 Å². The molecule has 0 aromatic heterocycles. The average Bonchev–Trinajstić information content (AvgIpc) is 2.44. The highest BCUT2D eigenvalue weighted by molar-refractivity contribution is 9.10. The van der Waals surface area contributed by atoms with Gasteiger partial charge in [-0.25, -0.2) is 0 Å².